The van der Waals surface area contributed by atoms with E-state index in [2.05, 4.69) is 15.6 Å². The number of fused-ring (bicyclic) bond motifs is 3. The Morgan fingerprint density at radius 2 is 2.06 bits per heavy atom. The second-order valence-corrected chi connectivity index (χ2v) is 9.12. The fourth-order valence-corrected chi connectivity index (χ4v) is 4.36. The summed E-state index contributed by atoms with van der Waals surface area (Å²) in [5.41, 5.74) is -0.258. The first-order valence-electron chi connectivity index (χ1n) is 11.4. The molecule has 0 atom stereocenters. The van der Waals surface area contributed by atoms with Crippen molar-refractivity contribution in [3.8, 4) is 11.8 Å². The minimum atomic E-state index is -1.45. The Bertz CT molecular complexity index is 1470. The van der Waals surface area contributed by atoms with E-state index >= 15 is 0 Å². The lowest BCUT2D eigenvalue weighted by Crippen LogP contribution is -2.60. The number of hydrogen-bond acceptors (Lipinski definition) is 7. The lowest BCUT2D eigenvalue weighted by atomic mass is 9.99. The number of ether oxygens (including phenoxy) is 1. The summed E-state index contributed by atoms with van der Waals surface area (Å²) in [6, 6.07) is 10.1. The molecule has 0 unspecified atom stereocenters. The Labute approximate surface area is 205 Å². The van der Waals surface area contributed by atoms with Crippen molar-refractivity contribution in [1.29, 1.82) is 5.26 Å². The molecule has 0 bridgehead atoms. The summed E-state index contributed by atoms with van der Waals surface area (Å²) in [4.78, 5) is 45.0. The van der Waals surface area contributed by atoms with Crippen LogP contribution in [0, 0.1) is 11.3 Å². The molecule has 2 aliphatic rings. The van der Waals surface area contributed by atoms with Gasteiger partial charge in [0.2, 0.25) is 5.91 Å². The number of rotatable bonds is 5. The van der Waals surface area contributed by atoms with E-state index in [1.54, 1.807) is 24.3 Å². The topological polar surface area (TPSA) is 129 Å². The normalized spacial score (nSPS) is 15.6. The highest BCUT2D eigenvalue weighted by atomic mass is 19.1. The fraction of sp³-hybridized carbons (Fsp3) is 0.320. The van der Waals surface area contributed by atoms with Crippen molar-refractivity contribution in [2.45, 2.75) is 25.7 Å². The van der Waals surface area contributed by atoms with Crippen LogP contribution in [0.4, 0.5) is 10.1 Å². The van der Waals surface area contributed by atoms with E-state index in [1.807, 2.05) is 6.07 Å². The molecule has 184 valence electrons. The number of nitriles is 1. The van der Waals surface area contributed by atoms with Gasteiger partial charge in [0.1, 0.15) is 30.0 Å². The number of carbonyl (C=O) groups excluding carboxylic acids is 2. The van der Waals surface area contributed by atoms with E-state index in [0.717, 1.165) is 10.1 Å². The highest BCUT2D eigenvalue weighted by molar-refractivity contribution is 5.99. The molecule has 36 heavy (non-hydrogen) atoms. The first kappa shape index (κ1) is 23.3. The van der Waals surface area contributed by atoms with Crippen molar-refractivity contribution in [3.05, 3.63) is 63.6 Å². The average molecular weight is 490 g/mol. The van der Waals surface area contributed by atoms with Gasteiger partial charge >= 0.3 is 0 Å². The van der Waals surface area contributed by atoms with Gasteiger partial charge < -0.3 is 20.3 Å². The number of likely N-dealkylation sites (tertiary alicyclic amines) is 1. The zero-order valence-electron chi connectivity index (χ0n) is 19.5. The summed E-state index contributed by atoms with van der Waals surface area (Å²) in [7, 11) is 0. The number of pyridine rings is 2. The Morgan fingerprint density at radius 1 is 1.31 bits per heavy atom. The molecule has 4 heterocycles. The van der Waals surface area contributed by atoms with Gasteiger partial charge in [-0.2, -0.15) is 5.26 Å². The molecule has 5 rings (SSSR count). The Kier molecular flexibility index (Phi) is 5.80. The summed E-state index contributed by atoms with van der Waals surface area (Å²) in [5, 5.41) is 15.2. The molecule has 1 fully saturated rings. The number of amides is 2. The number of alkyl halides is 1. The van der Waals surface area contributed by atoms with Gasteiger partial charge in [0.25, 0.3) is 11.5 Å². The summed E-state index contributed by atoms with van der Waals surface area (Å²) in [5.74, 6) is -0.634. The summed E-state index contributed by atoms with van der Waals surface area (Å²) < 4.78 is 20.9. The number of nitrogens with zero attached hydrogens (tertiary/aromatic N) is 4. The van der Waals surface area contributed by atoms with E-state index in [0.29, 0.717) is 35.5 Å². The van der Waals surface area contributed by atoms with Gasteiger partial charge in [-0.25, -0.2) is 9.37 Å². The Hall–Kier alpha value is -4.46. The van der Waals surface area contributed by atoms with Crippen LogP contribution in [0.5, 0.6) is 5.75 Å². The van der Waals surface area contributed by atoms with Crippen molar-refractivity contribution < 1.29 is 18.7 Å². The van der Waals surface area contributed by atoms with Crippen LogP contribution in [0.1, 0.15) is 28.4 Å². The van der Waals surface area contributed by atoms with E-state index < -0.39 is 23.0 Å². The third-order valence-corrected chi connectivity index (χ3v) is 6.20. The Balaban J connectivity index is 1.50. The van der Waals surface area contributed by atoms with Gasteiger partial charge in [0.15, 0.2) is 5.75 Å². The van der Waals surface area contributed by atoms with E-state index in [-0.39, 0.29) is 37.4 Å². The molecule has 1 aromatic carbocycles. The molecule has 10 nitrogen and oxygen atoms in total. The highest BCUT2D eigenvalue weighted by Crippen LogP contribution is 2.34. The molecule has 0 spiro atoms. The first-order chi connectivity index (χ1) is 17.3. The lowest BCUT2D eigenvalue weighted by Gasteiger charge is -2.42. The molecule has 0 radical (unpaired) electrons. The predicted molar refractivity (Wildman–Crippen MR) is 128 cm³/mol. The predicted octanol–water partition coefficient (Wildman–Crippen LogP) is 1.57. The van der Waals surface area contributed by atoms with Crippen LogP contribution >= 0.6 is 0 Å². The zero-order chi connectivity index (χ0) is 25.4. The maximum Gasteiger partial charge on any atom is 0.265 e. The second-order valence-electron chi connectivity index (χ2n) is 9.12. The standard InChI is InChI=1S/C25H23FN6O4/c1-25(26)13-31(14-25)20(33)12-32-22-17(21-19(11-29-22)28-6-7-36-21)8-18(24(32)35)23(34)30-10-16-4-2-15(9-27)3-5-16/h2-5,8,11,28H,6-7,10,12-14H2,1H3,(H,30,34). The number of anilines is 1. The number of nitrogens with one attached hydrogen (secondary N) is 2. The zero-order valence-corrected chi connectivity index (χ0v) is 19.5. The van der Waals surface area contributed by atoms with Crippen molar-refractivity contribution in [1.82, 2.24) is 19.8 Å². The monoisotopic (exact) mass is 490 g/mol. The fourth-order valence-electron chi connectivity index (χ4n) is 4.36. The number of benzene rings is 1. The van der Waals surface area contributed by atoms with Gasteiger partial charge in [0, 0.05) is 13.1 Å². The molecular formula is C25H23FN6O4. The van der Waals surface area contributed by atoms with Crippen molar-refractivity contribution in [2.75, 3.05) is 31.6 Å². The van der Waals surface area contributed by atoms with Crippen LogP contribution in [0.2, 0.25) is 0 Å². The van der Waals surface area contributed by atoms with E-state index in [9.17, 15) is 18.8 Å². The third kappa shape index (κ3) is 4.33. The van der Waals surface area contributed by atoms with Gasteiger partial charge in [-0.3, -0.25) is 19.0 Å². The largest absolute Gasteiger partial charge is 0.489 e. The molecule has 2 aliphatic heterocycles. The van der Waals surface area contributed by atoms with Crippen molar-refractivity contribution in [3.63, 3.8) is 0 Å². The third-order valence-electron chi connectivity index (χ3n) is 6.20. The molecule has 11 heteroatoms. The molecule has 2 aromatic heterocycles. The number of hydrogen-bond donors (Lipinski definition) is 2. The molecular weight excluding hydrogens is 467 g/mol. The number of carbonyl (C=O) groups is 2. The van der Waals surface area contributed by atoms with Crippen molar-refractivity contribution >= 4 is 28.5 Å². The molecule has 0 aliphatic carbocycles. The van der Waals surface area contributed by atoms with Gasteiger partial charge in [-0.05, 0) is 30.7 Å². The Morgan fingerprint density at radius 3 is 2.75 bits per heavy atom. The summed E-state index contributed by atoms with van der Waals surface area (Å²) in [6.45, 7) is 2.00. The molecule has 0 saturated carbocycles. The summed E-state index contributed by atoms with van der Waals surface area (Å²) in [6.07, 6.45) is 1.52. The quantitative estimate of drug-likeness (QED) is 0.555. The highest BCUT2D eigenvalue weighted by Gasteiger charge is 2.41. The van der Waals surface area contributed by atoms with Crippen LogP contribution in [-0.2, 0) is 17.9 Å². The average Bonchev–Trinajstić information content (AvgIpc) is 2.87. The van der Waals surface area contributed by atoms with Crippen LogP contribution in [-0.4, -0.2) is 58.2 Å². The second kappa shape index (κ2) is 8.96. The van der Waals surface area contributed by atoms with Crippen LogP contribution in [0.15, 0.2) is 41.3 Å². The number of halogens is 1. The summed E-state index contributed by atoms with van der Waals surface area (Å²) >= 11 is 0. The maximum absolute atomic E-state index is 13.9. The van der Waals surface area contributed by atoms with Crippen LogP contribution in [0.25, 0.3) is 11.0 Å². The molecule has 3 aromatic rings. The van der Waals surface area contributed by atoms with Crippen molar-refractivity contribution in [2.24, 2.45) is 0 Å². The molecule has 2 N–H and O–H groups in total. The lowest BCUT2D eigenvalue weighted by molar-refractivity contribution is -0.144. The van der Waals surface area contributed by atoms with Gasteiger partial charge in [0.05, 0.1) is 42.0 Å². The van der Waals surface area contributed by atoms with E-state index in [4.69, 9.17) is 10.00 Å². The molecule has 1 saturated heterocycles. The van der Waals surface area contributed by atoms with E-state index in [1.165, 1.54) is 24.1 Å². The number of aromatic nitrogens is 2. The maximum atomic E-state index is 13.9. The van der Waals surface area contributed by atoms with Crippen LogP contribution in [0.3, 0.4) is 0 Å². The molecule has 2 amide bonds. The minimum absolute atomic E-state index is 0.0564. The van der Waals surface area contributed by atoms with Gasteiger partial charge in [-0.1, -0.05) is 12.1 Å². The SMILES string of the molecule is CC1(F)CN(C(=O)Cn2c(=O)c(C(=O)NCc3ccc(C#N)cc3)cc3c4c(cnc32)NCCO4)C1. The van der Waals surface area contributed by atoms with Gasteiger partial charge in [-0.15, -0.1) is 0 Å². The van der Waals surface area contributed by atoms with Crippen LogP contribution < -0.4 is 20.9 Å². The minimum Gasteiger partial charge on any atom is -0.489 e. The smallest absolute Gasteiger partial charge is 0.265 e. The first-order valence-corrected chi connectivity index (χ1v) is 11.4.